The van der Waals surface area contributed by atoms with Gasteiger partial charge in [0.2, 0.25) is 0 Å². The summed E-state index contributed by atoms with van der Waals surface area (Å²) in [6.45, 7) is 6.50. The average Bonchev–Trinajstić information content (AvgIpc) is 3.05. The maximum atomic E-state index is 13.2. The van der Waals surface area contributed by atoms with Gasteiger partial charge in [0.25, 0.3) is 0 Å². The molecule has 2 aliphatic rings. The summed E-state index contributed by atoms with van der Waals surface area (Å²) in [5, 5.41) is 0. The number of carbonyl (C=O) groups excluding carboxylic acids is 1. The van der Waals surface area contributed by atoms with Gasteiger partial charge < -0.3 is 33.2 Å². The summed E-state index contributed by atoms with van der Waals surface area (Å²) in [6, 6.07) is 29.8. The summed E-state index contributed by atoms with van der Waals surface area (Å²) in [4.78, 5) is 13.2. The first-order chi connectivity index (χ1) is 22.3. The fourth-order valence-electron chi connectivity index (χ4n) is 5.81. The fraction of sp³-hybridized carbons (Fsp3) is 0.500. The molecule has 0 aromatic heterocycles. The zero-order valence-corrected chi connectivity index (χ0v) is 27.3. The van der Waals surface area contributed by atoms with Crippen LogP contribution in [0.1, 0.15) is 69.6 Å². The summed E-state index contributed by atoms with van der Waals surface area (Å²) >= 11 is 0. The summed E-state index contributed by atoms with van der Waals surface area (Å²) in [7, 11) is 0. The molecule has 0 unspecified atom stereocenters. The Morgan fingerprint density at radius 1 is 0.696 bits per heavy atom. The van der Waals surface area contributed by atoms with E-state index in [1.54, 1.807) is 20.8 Å². The molecule has 1 heterocycles. The molecule has 0 bridgehead atoms. The lowest BCUT2D eigenvalue weighted by molar-refractivity contribution is -0.332. The number of hydrogen-bond acceptors (Lipinski definition) is 8. The third-order valence-electron chi connectivity index (χ3n) is 8.06. The van der Waals surface area contributed by atoms with E-state index in [-0.39, 0.29) is 19.3 Å². The van der Waals surface area contributed by atoms with Gasteiger partial charge in [-0.15, -0.1) is 0 Å². The number of hydrogen-bond donors (Lipinski definition) is 0. The normalized spacial score (nSPS) is 23.9. The smallest absolute Gasteiger partial charge is 0.429 e. The van der Waals surface area contributed by atoms with Gasteiger partial charge in [-0.1, -0.05) is 110 Å². The standard InChI is InChI=1S/C38H48O8/c1-38(2,3)46-37(39)45-33-32(27-40-24-28-16-8-4-9-17-28)44-36(43-31-22-14-7-15-23-31)35(42-26-30-20-12-6-13-21-30)34(33)41-25-29-18-10-5-11-19-29/h4-6,8-13,16-21,31-36H,7,14-15,22-27H2,1-3H3/t32-,33+,34+,35-,36-/m1/s1. The van der Waals surface area contributed by atoms with E-state index in [9.17, 15) is 4.79 Å². The van der Waals surface area contributed by atoms with Crippen molar-refractivity contribution in [1.29, 1.82) is 0 Å². The zero-order valence-electron chi connectivity index (χ0n) is 27.3. The number of ether oxygens (including phenoxy) is 7. The highest BCUT2D eigenvalue weighted by molar-refractivity contribution is 5.61. The molecule has 248 valence electrons. The molecule has 1 aliphatic carbocycles. The van der Waals surface area contributed by atoms with Crippen LogP contribution < -0.4 is 0 Å². The van der Waals surface area contributed by atoms with E-state index in [4.69, 9.17) is 33.2 Å². The average molecular weight is 633 g/mol. The summed E-state index contributed by atoms with van der Waals surface area (Å²) in [5.74, 6) is 0. The lowest BCUT2D eigenvalue weighted by Gasteiger charge is -2.46. The van der Waals surface area contributed by atoms with Crippen molar-refractivity contribution in [2.24, 2.45) is 0 Å². The lowest BCUT2D eigenvalue weighted by atomic mass is 9.96. The van der Waals surface area contributed by atoms with Gasteiger partial charge >= 0.3 is 6.16 Å². The molecule has 3 aromatic carbocycles. The van der Waals surface area contributed by atoms with Crippen molar-refractivity contribution >= 4 is 6.16 Å². The van der Waals surface area contributed by atoms with E-state index in [1.807, 2.05) is 91.0 Å². The molecule has 0 radical (unpaired) electrons. The second-order valence-corrected chi connectivity index (χ2v) is 13.0. The van der Waals surface area contributed by atoms with Gasteiger partial charge in [-0.05, 0) is 50.3 Å². The summed E-state index contributed by atoms with van der Waals surface area (Å²) < 4.78 is 44.5. The number of benzene rings is 3. The minimum absolute atomic E-state index is 0.0329. The molecule has 3 aromatic rings. The van der Waals surface area contributed by atoms with E-state index in [1.165, 1.54) is 6.42 Å². The molecule has 46 heavy (non-hydrogen) atoms. The molecule has 5 rings (SSSR count). The molecule has 5 atom stereocenters. The topological polar surface area (TPSA) is 81.7 Å². The molecule has 2 fully saturated rings. The van der Waals surface area contributed by atoms with Crippen molar-refractivity contribution in [2.45, 2.75) is 115 Å². The SMILES string of the molecule is CC(C)(C)OC(=O)O[C@@H]1[C@H](OCc2ccccc2)[C@@H](OCc2ccccc2)[C@H](OC2CCCCC2)O[C@@H]1COCc1ccccc1. The quantitative estimate of drug-likeness (QED) is 0.177. The Morgan fingerprint density at radius 2 is 1.22 bits per heavy atom. The Bertz CT molecular complexity index is 1290. The van der Waals surface area contributed by atoms with E-state index in [2.05, 4.69) is 0 Å². The van der Waals surface area contributed by atoms with Crippen molar-refractivity contribution in [3.05, 3.63) is 108 Å². The third kappa shape index (κ3) is 10.6. The van der Waals surface area contributed by atoms with E-state index < -0.39 is 42.5 Å². The Hall–Kier alpha value is -3.27. The van der Waals surface area contributed by atoms with Crippen LogP contribution in [0.4, 0.5) is 4.79 Å². The van der Waals surface area contributed by atoms with Gasteiger partial charge in [0.1, 0.15) is 23.9 Å². The van der Waals surface area contributed by atoms with Crippen LogP contribution in [0.15, 0.2) is 91.0 Å². The van der Waals surface area contributed by atoms with Gasteiger partial charge in [-0.25, -0.2) is 4.79 Å². The maximum absolute atomic E-state index is 13.2. The van der Waals surface area contributed by atoms with Gasteiger partial charge in [0, 0.05) is 0 Å². The predicted molar refractivity (Wildman–Crippen MR) is 174 cm³/mol. The Labute approximate surface area is 273 Å². The maximum Gasteiger partial charge on any atom is 0.509 e. The van der Waals surface area contributed by atoms with Gasteiger partial charge in [-0.2, -0.15) is 0 Å². The number of carbonyl (C=O) groups is 1. The molecule has 8 heteroatoms. The van der Waals surface area contributed by atoms with Crippen molar-refractivity contribution < 1.29 is 38.0 Å². The summed E-state index contributed by atoms with van der Waals surface area (Å²) in [6.07, 6.45) is 0.712. The van der Waals surface area contributed by atoms with E-state index >= 15 is 0 Å². The monoisotopic (exact) mass is 632 g/mol. The molecular formula is C38H48O8. The highest BCUT2D eigenvalue weighted by Gasteiger charge is 2.51. The van der Waals surface area contributed by atoms with Crippen LogP contribution in [-0.4, -0.2) is 55.2 Å². The Balaban J connectivity index is 1.45. The van der Waals surface area contributed by atoms with Crippen LogP contribution in [0, 0.1) is 0 Å². The van der Waals surface area contributed by atoms with Crippen LogP contribution in [0.3, 0.4) is 0 Å². The molecule has 1 aliphatic heterocycles. The van der Waals surface area contributed by atoms with Gasteiger partial charge in [0.15, 0.2) is 12.4 Å². The molecule has 0 N–H and O–H groups in total. The van der Waals surface area contributed by atoms with Crippen LogP contribution in [0.5, 0.6) is 0 Å². The fourth-order valence-corrected chi connectivity index (χ4v) is 5.81. The Kier molecular flexibility index (Phi) is 12.6. The summed E-state index contributed by atoms with van der Waals surface area (Å²) in [5.41, 5.74) is 2.26. The molecule has 1 saturated heterocycles. The highest BCUT2D eigenvalue weighted by atomic mass is 16.8. The second-order valence-electron chi connectivity index (χ2n) is 13.0. The molecular weight excluding hydrogens is 584 g/mol. The largest absolute Gasteiger partial charge is 0.509 e. The minimum atomic E-state index is -0.902. The highest BCUT2D eigenvalue weighted by Crippen LogP contribution is 2.34. The van der Waals surface area contributed by atoms with Crippen molar-refractivity contribution in [3.63, 3.8) is 0 Å². The molecule has 0 amide bonds. The van der Waals surface area contributed by atoms with Crippen LogP contribution in [-0.2, 0) is 53.0 Å². The first kappa shape index (κ1) is 34.1. The van der Waals surface area contributed by atoms with Crippen LogP contribution >= 0.6 is 0 Å². The number of rotatable bonds is 13. The lowest BCUT2D eigenvalue weighted by Crippen LogP contribution is -2.62. The molecule has 1 saturated carbocycles. The second kappa shape index (κ2) is 17.0. The van der Waals surface area contributed by atoms with Crippen LogP contribution in [0.25, 0.3) is 0 Å². The zero-order chi connectivity index (χ0) is 32.2. The van der Waals surface area contributed by atoms with E-state index in [0.29, 0.717) is 13.2 Å². The molecule has 0 spiro atoms. The third-order valence-corrected chi connectivity index (χ3v) is 8.06. The van der Waals surface area contributed by atoms with Crippen molar-refractivity contribution in [3.8, 4) is 0 Å². The Morgan fingerprint density at radius 3 is 1.76 bits per heavy atom. The first-order valence-corrected chi connectivity index (χ1v) is 16.5. The first-order valence-electron chi connectivity index (χ1n) is 16.5. The van der Waals surface area contributed by atoms with Gasteiger partial charge in [0.05, 0.1) is 32.5 Å². The molecule has 8 nitrogen and oxygen atoms in total. The van der Waals surface area contributed by atoms with Crippen LogP contribution in [0.2, 0.25) is 0 Å². The minimum Gasteiger partial charge on any atom is -0.429 e. The predicted octanol–water partition coefficient (Wildman–Crippen LogP) is 7.77. The van der Waals surface area contributed by atoms with Gasteiger partial charge in [-0.3, -0.25) is 0 Å². The van der Waals surface area contributed by atoms with E-state index in [0.717, 1.165) is 42.4 Å². The van der Waals surface area contributed by atoms with Crippen molar-refractivity contribution in [2.75, 3.05) is 6.61 Å². The van der Waals surface area contributed by atoms with Crippen molar-refractivity contribution in [1.82, 2.24) is 0 Å².